The van der Waals surface area contributed by atoms with E-state index in [-0.39, 0.29) is 11.7 Å². The van der Waals surface area contributed by atoms with Crippen molar-refractivity contribution in [2.24, 2.45) is 0 Å². The number of likely N-dealkylation sites (tertiary alicyclic amines) is 1. The lowest BCUT2D eigenvalue weighted by molar-refractivity contribution is -0.132. The maximum atomic E-state index is 12.7. The van der Waals surface area contributed by atoms with Crippen LogP contribution >= 0.6 is 11.3 Å². The minimum absolute atomic E-state index is 0.0951. The fourth-order valence-corrected chi connectivity index (χ4v) is 4.11. The lowest BCUT2D eigenvalue weighted by Crippen LogP contribution is -2.41. The number of amides is 1. The largest absolute Gasteiger partial charge is 0.317 e. The Balaban J connectivity index is 1.66. The van der Waals surface area contributed by atoms with Gasteiger partial charge in [0.15, 0.2) is 0 Å². The second-order valence-corrected chi connectivity index (χ2v) is 6.88. The van der Waals surface area contributed by atoms with Gasteiger partial charge in [0, 0.05) is 12.6 Å². The van der Waals surface area contributed by atoms with Crippen molar-refractivity contribution in [3.8, 4) is 0 Å². The van der Waals surface area contributed by atoms with Gasteiger partial charge in [0.25, 0.3) is 0 Å². The molecule has 3 fully saturated rings. The molecule has 2 unspecified atom stereocenters. The Labute approximate surface area is 117 Å². The Hall–Kier alpha value is -0.910. The van der Waals surface area contributed by atoms with E-state index in [1.54, 1.807) is 11.3 Å². The molecule has 1 aromatic heterocycles. The van der Waals surface area contributed by atoms with Gasteiger partial charge in [-0.15, -0.1) is 0 Å². The average molecular weight is 277 g/mol. The van der Waals surface area contributed by atoms with Gasteiger partial charge in [0.2, 0.25) is 5.91 Å². The Bertz CT molecular complexity index is 497. The van der Waals surface area contributed by atoms with Crippen molar-refractivity contribution in [1.29, 1.82) is 0 Å². The van der Waals surface area contributed by atoms with E-state index in [1.807, 2.05) is 0 Å². The van der Waals surface area contributed by atoms with Crippen LogP contribution in [-0.4, -0.2) is 47.4 Å². The summed E-state index contributed by atoms with van der Waals surface area (Å²) in [7, 11) is 2.14. The van der Waals surface area contributed by atoms with E-state index in [4.69, 9.17) is 0 Å². The molecule has 5 heteroatoms. The molecule has 2 saturated heterocycles. The highest BCUT2D eigenvalue weighted by Crippen LogP contribution is 2.47. The second-order valence-electron chi connectivity index (χ2n) is 6.10. The zero-order valence-corrected chi connectivity index (χ0v) is 11.9. The van der Waals surface area contributed by atoms with Crippen molar-refractivity contribution < 1.29 is 4.79 Å². The normalized spacial score (nSPS) is 33.5. The molecule has 3 aliphatic rings. The van der Waals surface area contributed by atoms with Gasteiger partial charge < -0.3 is 9.80 Å². The summed E-state index contributed by atoms with van der Waals surface area (Å²) in [6.45, 7) is 2.10. The molecule has 1 aromatic rings. The Morgan fingerprint density at radius 3 is 2.89 bits per heavy atom. The summed E-state index contributed by atoms with van der Waals surface area (Å²) in [4.78, 5) is 17.2. The molecule has 2 aliphatic heterocycles. The molecule has 3 heterocycles. The van der Waals surface area contributed by atoms with Crippen LogP contribution in [0.4, 0.5) is 0 Å². The number of rotatable bonds is 2. The third kappa shape index (κ3) is 1.75. The van der Waals surface area contributed by atoms with Crippen molar-refractivity contribution >= 4 is 17.2 Å². The first-order chi connectivity index (χ1) is 9.20. The van der Waals surface area contributed by atoms with Gasteiger partial charge in [-0.25, -0.2) is 0 Å². The number of carbonyl (C=O) groups excluding carboxylic acids is 1. The van der Waals surface area contributed by atoms with E-state index in [0.717, 1.165) is 32.4 Å². The van der Waals surface area contributed by atoms with Gasteiger partial charge in [0.05, 0.1) is 0 Å². The van der Waals surface area contributed by atoms with Crippen LogP contribution in [0.25, 0.3) is 0 Å². The molecule has 0 radical (unpaired) electrons. The fraction of sp³-hybridized carbons (Fsp3) is 0.643. The van der Waals surface area contributed by atoms with Crippen LogP contribution < -0.4 is 5.32 Å². The first-order valence-corrected chi connectivity index (χ1v) is 7.95. The molecule has 19 heavy (non-hydrogen) atoms. The molecule has 102 valence electrons. The highest BCUT2D eigenvalue weighted by atomic mass is 32.1. The molecule has 0 bridgehead atoms. The van der Waals surface area contributed by atoms with Crippen molar-refractivity contribution in [2.75, 3.05) is 20.1 Å². The Morgan fingerprint density at radius 2 is 2.32 bits per heavy atom. The van der Waals surface area contributed by atoms with Crippen molar-refractivity contribution in [2.45, 2.75) is 37.0 Å². The van der Waals surface area contributed by atoms with Crippen LogP contribution in [0.5, 0.6) is 0 Å². The summed E-state index contributed by atoms with van der Waals surface area (Å²) >= 11 is 1.70. The van der Waals surface area contributed by atoms with Gasteiger partial charge in [-0.1, -0.05) is 0 Å². The first kappa shape index (κ1) is 11.9. The number of nitrogens with zero attached hydrogens (tertiary/aromatic N) is 2. The number of nitrogens with one attached hydrogen (secondary N) is 1. The molecule has 1 saturated carbocycles. The molecule has 1 amide bonds. The van der Waals surface area contributed by atoms with Crippen molar-refractivity contribution in [1.82, 2.24) is 15.1 Å². The SMILES string of the molecule is CN1CCC(N2C(=O)C3(CC3)NC2c2ccsc2)C1. The predicted molar refractivity (Wildman–Crippen MR) is 74.9 cm³/mol. The minimum Gasteiger partial charge on any atom is -0.317 e. The van der Waals surface area contributed by atoms with Gasteiger partial charge in [-0.2, -0.15) is 11.3 Å². The summed E-state index contributed by atoms with van der Waals surface area (Å²) in [5.41, 5.74) is 1.03. The van der Waals surface area contributed by atoms with Crippen LogP contribution in [0.15, 0.2) is 16.8 Å². The van der Waals surface area contributed by atoms with E-state index >= 15 is 0 Å². The maximum Gasteiger partial charge on any atom is 0.244 e. The van der Waals surface area contributed by atoms with Crippen LogP contribution in [0, 0.1) is 0 Å². The number of carbonyl (C=O) groups is 1. The Kier molecular flexibility index (Phi) is 2.53. The number of likely N-dealkylation sites (N-methyl/N-ethyl adjacent to an activating group) is 1. The van der Waals surface area contributed by atoms with E-state index in [1.165, 1.54) is 5.56 Å². The molecule has 1 spiro atoms. The topological polar surface area (TPSA) is 35.6 Å². The third-order valence-corrected chi connectivity index (χ3v) is 5.41. The monoisotopic (exact) mass is 277 g/mol. The molecule has 4 nitrogen and oxygen atoms in total. The second kappa shape index (κ2) is 4.04. The van der Waals surface area contributed by atoms with Gasteiger partial charge >= 0.3 is 0 Å². The smallest absolute Gasteiger partial charge is 0.244 e. The average Bonchev–Trinajstić information content (AvgIpc) is 2.79. The van der Waals surface area contributed by atoms with E-state index in [2.05, 4.69) is 39.0 Å². The van der Waals surface area contributed by atoms with Crippen molar-refractivity contribution in [3.05, 3.63) is 22.4 Å². The zero-order chi connectivity index (χ0) is 13.0. The van der Waals surface area contributed by atoms with Crippen LogP contribution in [0.2, 0.25) is 0 Å². The van der Waals surface area contributed by atoms with E-state index in [9.17, 15) is 4.79 Å². The highest BCUT2D eigenvalue weighted by molar-refractivity contribution is 7.07. The predicted octanol–water partition coefficient (Wildman–Crippen LogP) is 1.42. The summed E-state index contributed by atoms with van der Waals surface area (Å²) in [6, 6.07) is 2.51. The Morgan fingerprint density at radius 1 is 1.47 bits per heavy atom. The molecule has 4 rings (SSSR count). The van der Waals surface area contributed by atoms with E-state index in [0.29, 0.717) is 11.9 Å². The summed E-state index contributed by atoms with van der Waals surface area (Å²) in [6.07, 6.45) is 3.20. The highest BCUT2D eigenvalue weighted by Gasteiger charge is 2.60. The number of thiophene rings is 1. The molecule has 1 aliphatic carbocycles. The molecular weight excluding hydrogens is 258 g/mol. The standard InChI is InChI=1S/C14H19N3OS/c1-16-6-2-11(8-16)17-12(10-3-7-19-9-10)15-14(4-5-14)13(17)18/h3,7,9,11-12,15H,2,4-6,8H2,1H3. The zero-order valence-electron chi connectivity index (χ0n) is 11.1. The lowest BCUT2D eigenvalue weighted by atomic mass is 10.1. The fourth-order valence-electron chi connectivity index (χ4n) is 3.43. The summed E-state index contributed by atoms with van der Waals surface area (Å²) < 4.78 is 0. The summed E-state index contributed by atoms with van der Waals surface area (Å²) in [5.74, 6) is 0.337. The number of hydrogen-bond donors (Lipinski definition) is 1. The van der Waals surface area contributed by atoms with Crippen molar-refractivity contribution in [3.63, 3.8) is 0 Å². The van der Waals surface area contributed by atoms with Crippen LogP contribution in [0.3, 0.4) is 0 Å². The molecule has 0 aromatic carbocycles. The van der Waals surface area contributed by atoms with Gasteiger partial charge in [-0.05, 0) is 55.2 Å². The minimum atomic E-state index is -0.215. The van der Waals surface area contributed by atoms with E-state index < -0.39 is 0 Å². The van der Waals surface area contributed by atoms with Crippen LogP contribution in [0.1, 0.15) is 31.0 Å². The summed E-state index contributed by atoms with van der Waals surface area (Å²) in [5, 5.41) is 7.86. The van der Waals surface area contributed by atoms with Crippen LogP contribution in [-0.2, 0) is 4.79 Å². The molecular formula is C14H19N3OS. The third-order valence-electron chi connectivity index (χ3n) is 4.70. The van der Waals surface area contributed by atoms with Gasteiger partial charge in [0.1, 0.15) is 11.7 Å². The first-order valence-electron chi connectivity index (χ1n) is 7.01. The number of hydrogen-bond acceptors (Lipinski definition) is 4. The quantitative estimate of drug-likeness (QED) is 0.888. The van der Waals surface area contributed by atoms with Gasteiger partial charge in [-0.3, -0.25) is 10.1 Å². The molecule has 1 N–H and O–H groups in total. The maximum absolute atomic E-state index is 12.7. The lowest BCUT2D eigenvalue weighted by Gasteiger charge is -2.29. The molecule has 2 atom stereocenters.